The average molecular weight is 190 g/mol. The van der Waals surface area contributed by atoms with Crippen molar-refractivity contribution in [2.24, 2.45) is 4.99 Å². The highest BCUT2D eigenvalue weighted by Gasteiger charge is 2.13. The minimum atomic E-state index is 0.0998. The molecule has 74 valence electrons. The van der Waals surface area contributed by atoms with Crippen LogP contribution in [0.3, 0.4) is 0 Å². The summed E-state index contributed by atoms with van der Waals surface area (Å²) in [5, 5.41) is 8.91. The van der Waals surface area contributed by atoms with Crippen LogP contribution in [-0.4, -0.2) is 36.0 Å². The molecule has 1 N–H and O–H groups in total. The van der Waals surface area contributed by atoms with Crippen LogP contribution >= 0.6 is 0 Å². The molecule has 0 fully saturated rings. The van der Waals surface area contributed by atoms with Crippen molar-refractivity contribution in [2.75, 3.05) is 20.1 Å². The molecule has 1 heterocycles. The van der Waals surface area contributed by atoms with Crippen molar-refractivity contribution in [3.8, 4) is 0 Å². The number of hydrogen-bond acceptors (Lipinski definition) is 3. The van der Waals surface area contributed by atoms with E-state index < -0.39 is 0 Å². The molecule has 0 spiro atoms. The van der Waals surface area contributed by atoms with Crippen LogP contribution in [0.25, 0.3) is 0 Å². The molecule has 0 bridgehead atoms. The first-order valence-electron chi connectivity index (χ1n) is 4.77. The molecule has 3 heteroatoms. The summed E-state index contributed by atoms with van der Waals surface area (Å²) in [6.07, 6.45) is 0. The van der Waals surface area contributed by atoms with Crippen molar-refractivity contribution in [3.63, 3.8) is 0 Å². The monoisotopic (exact) mass is 190 g/mol. The predicted molar refractivity (Wildman–Crippen MR) is 56.4 cm³/mol. The zero-order valence-electron chi connectivity index (χ0n) is 8.27. The Morgan fingerprint density at radius 3 is 2.57 bits per heavy atom. The first-order chi connectivity index (χ1) is 6.81. The standard InChI is InChI=1S/C11H14N2O/c1-13-7-6-12-11(13)10-4-2-9(8-14)3-5-10/h2-5,14H,6-8H2,1H3. The van der Waals surface area contributed by atoms with Gasteiger partial charge in [0.05, 0.1) is 13.2 Å². The van der Waals surface area contributed by atoms with Crippen molar-refractivity contribution in [2.45, 2.75) is 6.61 Å². The van der Waals surface area contributed by atoms with Gasteiger partial charge in [0.25, 0.3) is 0 Å². The highest BCUT2D eigenvalue weighted by molar-refractivity contribution is 5.99. The van der Waals surface area contributed by atoms with E-state index in [9.17, 15) is 0 Å². The van der Waals surface area contributed by atoms with Crippen LogP contribution in [0.15, 0.2) is 29.3 Å². The van der Waals surface area contributed by atoms with Gasteiger partial charge in [-0.15, -0.1) is 0 Å². The van der Waals surface area contributed by atoms with Gasteiger partial charge in [-0.25, -0.2) is 0 Å². The van der Waals surface area contributed by atoms with Gasteiger partial charge in [0, 0.05) is 19.2 Å². The summed E-state index contributed by atoms with van der Waals surface area (Å²) in [6, 6.07) is 7.88. The number of amidine groups is 1. The summed E-state index contributed by atoms with van der Waals surface area (Å²) in [5.74, 6) is 1.05. The Kier molecular flexibility index (Phi) is 2.50. The van der Waals surface area contributed by atoms with E-state index in [0.717, 1.165) is 30.1 Å². The molecule has 0 unspecified atom stereocenters. The summed E-state index contributed by atoms with van der Waals surface area (Å²) in [6.45, 7) is 1.98. The Labute approximate surface area is 83.7 Å². The summed E-state index contributed by atoms with van der Waals surface area (Å²) < 4.78 is 0. The molecule has 0 saturated carbocycles. The zero-order valence-corrected chi connectivity index (χ0v) is 8.27. The first kappa shape index (κ1) is 9.21. The largest absolute Gasteiger partial charge is 0.392 e. The second-order valence-electron chi connectivity index (χ2n) is 3.48. The summed E-state index contributed by atoms with van der Waals surface area (Å²) in [7, 11) is 2.05. The summed E-state index contributed by atoms with van der Waals surface area (Å²) in [5.41, 5.74) is 2.07. The molecule has 1 aliphatic rings. The fourth-order valence-corrected chi connectivity index (χ4v) is 1.60. The lowest BCUT2D eigenvalue weighted by Gasteiger charge is -2.13. The molecule has 2 rings (SSSR count). The fourth-order valence-electron chi connectivity index (χ4n) is 1.60. The lowest BCUT2D eigenvalue weighted by Crippen LogP contribution is -2.23. The maximum Gasteiger partial charge on any atom is 0.130 e. The van der Waals surface area contributed by atoms with Gasteiger partial charge >= 0.3 is 0 Å². The van der Waals surface area contributed by atoms with E-state index >= 15 is 0 Å². The summed E-state index contributed by atoms with van der Waals surface area (Å²) in [4.78, 5) is 6.57. The van der Waals surface area contributed by atoms with Crippen molar-refractivity contribution < 1.29 is 5.11 Å². The molecule has 0 aliphatic carbocycles. The van der Waals surface area contributed by atoms with Gasteiger partial charge in [0.15, 0.2) is 0 Å². The van der Waals surface area contributed by atoms with Gasteiger partial charge < -0.3 is 10.0 Å². The number of likely N-dealkylation sites (N-methyl/N-ethyl adjacent to an activating group) is 1. The van der Waals surface area contributed by atoms with E-state index in [1.165, 1.54) is 0 Å². The Morgan fingerprint density at radius 1 is 1.36 bits per heavy atom. The van der Waals surface area contributed by atoms with Crippen molar-refractivity contribution >= 4 is 5.84 Å². The van der Waals surface area contributed by atoms with E-state index in [2.05, 4.69) is 9.89 Å². The van der Waals surface area contributed by atoms with E-state index in [1.54, 1.807) is 0 Å². The van der Waals surface area contributed by atoms with Crippen LogP contribution in [-0.2, 0) is 6.61 Å². The summed E-state index contributed by atoms with van der Waals surface area (Å²) >= 11 is 0. The molecule has 1 aromatic rings. The Hall–Kier alpha value is -1.35. The quantitative estimate of drug-likeness (QED) is 0.751. The molecule has 1 aliphatic heterocycles. The molecule has 3 nitrogen and oxygen atoms in total. The highest BCUT2D eigenvalue weighted by Crippen LogP contribution is 2.10. The van der Waals surface area contributed by atoms with Crippen molar-refractivity contribution in [3.05, 3.63) is 35.4 Å². The third kappa shape index (κ3) is 1.63. The number of benzene rings is 1. The molecule has 0 aromatic heterocycles. The number of aliphatic imine (C=N–C) groups is 1. The second-order valence-corrected chi connectivity index (χ2v) is 3.48. The second kappa shape index (κ2) is 3.80. The highest BCUT2D eigenvalue weighted by atomic mass is 16.3. The van der Waals surface area contributed by atoms with Gasteiger partial charge in [-0.05, 0) is 5.56 Å². The predicted octanol–water partition coefficient (Wildman–Crippen LogP) is 0.871. The number of hydrogen-bond donors (Lipinski definition) is 1. The first-order valence-corrected chi connectivity index (χ1v) is 4.77. The number of aliphatic hydroxyl groups is 1. The van der Waals surface area contributed by atoms with E-state index in [1.807, 2.05) is 31.3 Å². The normalized spacial score (nSPS) is 15.9. The van der Waals surface area contributed by atoms with Crippen LogP contribution in [0.4, 0.5) is 0 Å². The van der Waals surface area contributed by atoms with Gasteiger partial charge in [0.1, 0.15) is 5.84 Å². The molecule has 0 atom stereocenters. The lowest BCUT2D eigenvalue weighted by atomic mass is 10.1. The van der Waals surface area contributed by atoms with E-state index in [-0.39, 0.29) is 6.61 Å². The number of nitrogens with zero attached hydrogens (tertiary/aromatic N) is 2. The molecular weight excluding hydrogens is 176 g/mol. The minimum Gasteiger partial charge on any atom is -0.392 e. The fraction of sp³-hybridized carbons (Fsp3) is 0.364. The molecule has 0 radical (unpaired) electrons. The maximum atomic E-state index is 8.91. The number of rotatable bonds is 2. The molecule has 14 heavy (non-hydrogen) atoms. The molecule has 0 saturated heterocycles. The van der Waals surface area contributed by atoms with Crippen LogP contribution < -0.4 is 0 Å². The Bertz CT molecular complexity index is 343. The average Bonchev–Trinajstić information content (AvgIpc) is 2.65. The smallest absolute Gasteiger partial charge is 0.130 e. The molecular formula is C11H14N2O. The maximum absolute atomic E-state index is 8.91. The van der Waals surface area contributed by atoms with Crippen LogP contribution in [0.1, 0.15) is 11.1 Å². The van der Waals surface area contributed by atoms with Crippen LogP contribution in [0, 0.1) is 0 Å². The Balaban J connectivity index is 2.24. The van der Waals surface area contributed by atoms with Crippen molar-refractivity contribution in [1.29, 1.82) is 0 Å². The van der Waals surface area contributed by atoms with Crippen LogP contribution in [0.2, 0.25) is 0 Å². The van der Waals surface area contributed by atoms with Gasteiger partial charge in [-0.3, -0.25) is 4.99 Å². The topological polar surface area (TPSA) is 35.8 Å². The minimum absolute atomic E-state index is 0.0998. The molecule has 0 amide bonds. The Morgan fingerprint density at radius 2 is 2.07 bits per heavy atom. The van der Waals surface area contributed by atoms with E-state index in [0.29, 0.717) is 0 Å². The third-order valence-electron chi connectivity index (χ3n) is 2.45. The van der Waals surface area contributed by atoms with Gasteiger partial charge in [0.2, 0.25) is 0 Å². The lowest BCUT2D eigenvalue weighted by molar-refractivity contribution is 0.282. The molecule has 1 aromatic carbocycles. The number of aliphatic hydroxyl groups excluding tert-OH is 1. The van der Waals surface area contributed by atoms with Crippen LogP contribution in [0.5, 0.6) is 0 Å². The SMILES string of the molecule is CN1CCN=C1c1ccc(CO)cc1. The van der Waals surface area contributed by atoms with Gasteiger partial charge in [-0.1, -0.05) is 24.3 Å². The van der Waals surface area contributed by atoms with E-state index in [4.69, 9.17) is 5.11 Å². The van der Waals surface area contributed by atoms with Gasteiger partial charge in [-0.2, -0.15) is 0 Å². The zero-order chi connectivity index (χ0) is 9.97. The third-order valence-corrected chi connectivity index (χ3v) is 2.45. The van der Waals surface area contributed by atoms with Crippen molar-refractivity contribution in [1.82, 2.24) is 4.90 Å².